The lowest BCUT2D eigenvalue weighted by molar-refractivity contribution is 0.103. The fourth-order valence-electron chi connectivity index (χ4n) is 1.55. The normalized spacial score (nSPS) is 10.3. The minimum absolute atomic E-state index is 0.254. The zero-order valence-corrected chi connectivity index (χ0v) is 11.8. The van der Waals surface area contributed by atoms with E-state index in [9.17, 15) is 9.59 Å². The second-order valence-electron chi connectivity index (χ2n) is 3.77. The molecule has 100 valence electrons. The van der Waals surface area contributed by atoms with Crippen LogP contribution in [0.2, 0.25) is 5.02 Å². The van der Waals surface area contributed by atoms with Gasteiger partial charge >= 0.3 is 4.87 Å². The maximum absolute atomic E-state index is 12.0. The Morgan fingerprint density at radius 2 is 2.21 bits per heavy atom. The Bertz CT molecular complexity index is 678. The summed E-state index contributed by atoms with van der Waals surface area (Å²) in [6, 6.07) is 4.92. The Morgan fingerprint density at radius 3 is 2.74 bits per heavy atom. The van der Waals surface area contributed by atoms with Gasteiger partial charge in [0.15, 0.2) is 0 Å². The number of rotatable bonds is 3. The van der Waals surface area contributed by atoms with Crippen molar-refractivity contribution in [2.75, 3.05) is 12.4 Å². The van der Waals surface area contributed by atoms with Crippen molar-refractivity contribution in [3.63, 3.8) is 0 Å². The third-order valence-electron chi connectivity index (χ3n) is 2.44. The molecule has 7 heteroatoms. The fourth-order valence-corrected chi connectivity index (χ4v) is 2.55. The van der Waals surface area contributed by atoms with Crippen LogP contribution >= 0.6 is 22.9 Å². The van der Waals surface area contributed by atoms with Crippen LogP contribution in [0.5, 0.6) is 5.75 Å². The van der Waals surface area contributed by atoms with Gasteiger partial charge in [0.05, 0.1) is 12.1 Å². The number of halogens is 1. The first kappa shape index (κ1) is 13.6. The lowest BCUT2D eigenvalue weighted by Gasteiger charge is -2.07. The average Bonchev–Trinajstić information content (AvgIpc) is 2.69. The minimum atomic E-state index is -0.345. The number of ether oxygens (including phenoxy) is 1. The number of methoxy groups -OCH3 is 1. The molecule has 0 radical (unpaired) electrons. The first-order valence-corrected chi connectivity index (χ1v) is 6.55. The first-order valence-electron chi connectivity index (χ1n) is 5.36. The Morgan fingerprint density at radius 1 is 1.47 bits per heavy atom. The number of carbonyl (C=O) groups is 1. The van der Waals surface area contributed by atoms with Crippen molar-refractivity contribution in [1.29, 1.82) is 0 Å². The summed E-state index contributed by atoms with van der Waals surface area (Å²) in [6.07, 6.45) is 0. The highest BCUT2D eigenvalue weighted by molar-refractivity contribution is 7.11. The maximum Gasteiger partial charge on any atom is 0.305 e. The van der Waals surface area contributed by atoms with Crippen molar-refractivity contribution in [2.24, 2.45) is 0 Å². The molecule has 0 aliphatic carbocycles. The van der Waals surface area contributed by atoms with Gasteiger partial charge in [0.1, 0.15) is 10.6 Å². The van der Waals surface area contributed by atoms with E-state index in [-0.39, 0.29) is 10.8 Å². The molecule has 5 nitrogen and oxygen atoms in total. The number of hydrogen-bond donors (Lipinski definition) is 2. The number of anilines is 1. The summed E-state index contributed by atoms with van der Waals surface area (Å²) in [5, 5.41) is 3.08. The maximum atomic E-state index is 12.0. The largest absolute Gasteiger partial charge is 0.495 e. The topological polar surface area (TPSA) is 71.2 Å². The molecule has 0 saturated carbocycles. The Labute approximate surface area is 118 Å². The minimum Gasteiger partial charge on any atom is -0.495 e. The number of hydrogen-bond acceptors (Lipinski definition) is 4. The third kappa shape index (κ3) is 2.97. The van der Waals surface area contributed by atoms with E-state index in [0.29, 0.717) is 27.0 Å². The van der Waals surface area contributed by atoms with Gasteiger partial charge in [-0.15, -0.1) is 0 Å². The van der Waals surface area contributed by atoms with Crippen LogP contribution in [0.1, 0.15) is 15.4 Å². The number of aryl methyl sites for hydroxylation is 1. The number of benzene rings is 1. The van der Waals surface area contributed by atoms with Crippen molar-refractivity contribution in [3.8, 4) is 5.75 Å². The van der Waals surface area contributed by atoms with Crippen LogP contribution in [0.3, 0.4) is 0 Å². The molecule has 1 heterocycles. The Balaban J connectivity index is 2.22. The number of aromatic nitrogens is 1. The molecule has 0 fully saturated rings. The predicted octanol–water partition coefficient (Wildman–Crippen LogP) is 2.66. The quantitative estimate of drug-likeness (QED) is 0.915. The zero-order valence-electron chi connectivity index (χ0n) is 10.2. The molecule has 0 unspecified atom stereocenters. The van der Waals surface area contributed by atoms with Crippen LogP contribution in [0.15, 0.2) is 23.0 Å². The second kappa shape index (κ2) is 5.46. The summed E-state index contributed by atoms with van der Waals surface area (Å²) >= 11 is 6.84. The molecule has 0 aliphatic rings. The molecule has 19 heavy (non-hydrogen) atoms. The summed E-state index contributed by atoms with van der Waals surface area (Å²) in [7, 11) is 1.51. The van der Waals surface area contributed by atoms with Crippen LogP contribution in [-0.2, 0) is 0 Å². The zero-order chi connectivity index (χ0) is 14.0. The molecule has 2 N–H and O–H groups in total. The Hall–Kier alpha value is -1.79. The average molecular weight is 299 g/mol. The van der Waals surface area contributed by atoms with Crippen molar-refractivity contribution >= 4 is 34.5 Å². The number of thiazole rings is 1. The van der Waals surface area contributed by atoms with Gasteiger partial charge in [-0.25, -0.2) is 0 Å². The van der Waals surface area contributed by atoms with E-state index in [2.05, 4.69) is 10.3 Å². The van der Waals surface area contributed by atoms with Crippen LogP contribution in [0.4, 0.5) is 5.69 Å². The molecule has 2 rings (SSSR count). The number of aromatic amines is 1. The van der Waals surface area contributed by atoms with Crippen molar-refractivity contribution in [2.45, 2.75) is 6.92 Å². The molecule has 0 bridgehead atoms. The van der Waals surface area contributed by atoms with E-state index in [1.807, 2.05) is 0 Å². The van der Waals surface area contributed by atoms with Gasteiger partial charge in [-0.2, -0.15) is 0 Å². The van der Waals surface area contributed by atoms with Crippen LogP contribution < -0.4 is 14.9 Å². The summed E-state index contributed by atoms with van der Waals surface area (Å²) in [4.78, 5) is 25.8. The summed E-state index contributed by atoms with van der Waals surface area (Å²) in [5.74, 6) is 0.184. The molecule has 1 amide bonds. The molecule has 1 aromatic heterocycles. The molecule has 0 atom stereocenters. The first-order chi connectivity index (χ1) is 9.01. The van der Waals surface area contributed by atoms with Gasteiger partial charge < -0.3 is 15.0 Å². The Kier molecular flexibility index (Phi) is 3.92. The lowest BCUT2D eigenvalue weighted by atomic mass is 10.3. The van der Waals surface area contributed by atoms with Gasteiger partial charge in [-0.3, -0.25) is 9.59 Å². The van der Waals surface area contributed by atoms with E-state index in [0.717, 1.165) is 11.3 Å². The third-order valence-corrected chi connectivity index (χ3v) is 3.72. The lowest BCUT2D eigenvalue weighted by Crippen LogP contribution is -2.11. The monoisotopic (exact) mass is 298 g/mol. The van der Waals surface area contributed by atoms with E-state index in [1.165, 1.54) is 7.11 Å². The highest BCUT2D eigenvalue weighted by Gasteiger charge is 2.14. The molecule has 1 aromatic carbocycles. The summed E-state index contributed by atoms with van der Waals surface area (Å²) in [5.41, 5.74) is 1.09. The number of nitrogens with one attached hydrogen (secondary N) is 2. The van der Waals surface area contributed by atoms with Gasteiger partial charge in [-0.05, 0) is 25.1 Å². The molecular weight excluding hydrogens is 288 g/mol. The second-order valence-corrected chi connectivity index (χ2v) is 5.16. The van der Waals surface area contributed by atoms with Crippen molar-refractivity contribution in [3.05, 3.63) is 43.5 Å². The van der Waals surface area contributed by atoms with Gasteiger partial charge in [0.25, 0.3) is 5.91 Å². The van der Waals surface area contributed by atoms with E-state index < -0.39 is 0 Å². The van der Waals surface area contributed by atoms with Crippen LogP contribution in [-0.4, -0.2) is 18.0 Å². The standard InChI is InChI=1S/C12H11ClN2O3S/c1-6-10(19-12(17)14-6)11(16)15-7-3-4-9(18-2)8(13)5-7/h3-5H,1-2H3,(H,14,17)(H,15,16). The fraction of sp³-hybridized carbons (Fsp3) is 0.167. The highest BCUT2D eigenvalue weighted by Crippen LogP contribution is 2.27. The van der Waals surface area contributed by atoms with Crippen molar-refractivity contribution < 1.29 is 9.53 Å². The number of H-pyrrole nitrogens is 1. The van der Waals surface area contributed by atoms with E-state index >= 15 is 0 Å². The molecule has 0 aliphatic heterocycles. The van der Waals surface area contributed by atoms with Gasteiger partial charge in [0, 0.05) is 11.4 Å². The van der Waals surface area contributed by atoms with E-state index in [1.54, 1.807) is 25.1 Å². The molecule has 0 saturated heterocycles. The van der Waals surface area contributed by atoms with Gasteiger partial charge in [0.2, 0.25) is 0 Å². The van der Waals surface area contributed by atoms with Crippen LogP contribution in [0.25, 0.3) is 0 Å². The van der Waals surface area contributed by atoms with E-state index in [4.69, 9.17) is 16.3 Å². The van der Waals surface area contributed by atoms with Crippen LogP contribution in [0, 0.1) is 6.92 Å². The molecule has 0 spiro atoms. The summed E-state index contributed by atoms with van der Waals surface area (Å²) in [6.45, 7) is 1.67. The number of amides is 1. The number of carbonyl (C=O) groups excluding carboxylic acids is 1. The molecular formula is C12H11ClN2O3S. The van der Waals surface area contributed by atoms with Gasteiger partial charge in [-0.1, -0.05) is 22.9 Å². The van der Waals surface area contributed by atoms with Crippen molar-refractivity contribution in [1.82, 2.24) is 4.98 Å². The molecule has 2 aromatic rings. The SMILES string of the molecule is COc1ccc(NC(=O)c2sc(=O)[nH]c2C)cc1Cl. The highest BCUT2D eigenvalue weighted by atomic mass is 35.5. The summed E-state index contributed by atoms with van der Waals surface area (Å²) < 4.78 is 5.02. The smallest absolute Gasteiger partial charge is 0.305 e. The predicted molar refractivity (Wildman–Crippen MR) is 75.6 cm³/mol.